The van der Waals surface area contributed by atoms with Gasteiger partial charge in [-0.2, -0.15) is 0 Å². The van der Waals surface area contributed by atoms with E-state index in [-0.39, 0.29) is 0 Å². The molecular formula is C98H85N5. The molecule has 0 radical (unpaired) electrons. The highest BCUT2D eigenvalue weighted by Gasteiger charge is 2.30. The zero-order valence-corrected chi connectivity index (χ0v) is 59.7. The first kappa shape index (κ1) is 62.8. The first-order chi connectivity index (χ1) is 51.0. The van der Waals surface area contributed by atoms with Gasteiger partial charge in [0.05, 0.1) is 44.1 Å². The summed E-state index contributed by atoms with van der Waals surface area (Å²) in [5.41, 5.74) is 27.1. The molecule has 5 heteroatoms. The number of pyridine rings is 4. The predicted octanol–water partition coefficient (Wildman–Crippen LogP) is 27.7. The molecule has 1 N–H and O–H groups in total. The Morgan fingerprint density at radius 2 is 0.612 bits per heavy atom. The molecule has 7 aromatic heterocycles. The van der Waals surface area contributed by atoms with Crippen molar-refractivity contribution in [1.82, 2.24) is 23.8 Å². The van der Waals surface area contributed by atoms with Crippen LogP contribution in [-0.2, 0) is 25.7 Å². The Bertz CT molecular complexity index is 6120. The van der Waals surface area contributed by atoms with Gasteiger partial charge in [0.2, 0.25) is 0 Å². The number of fused-ring (bicyclic) bond motifs is 19. The van der Waals surface area contributed by atoms with Gasteiger partial charge in [-0.15, -0.1) is 0 Å². The topological polar surface area (TPSA) is 50.4 Å². The average molecular weight is 1330 g/mol. The molecule has 7 heterocycles. The predicted molar refractivity (Wildman–Crippen MR) is 443 cm³/mol. The Hall–Kier alpha value is -11.1. The second-order valence-electron chi connectivity index (χ2n) is 29.4. The molecule has 12 aromatic carbocycles. The smallest absolute Gasteiger partial charge is 0.145 e. The summed E-state index contributed by atoms with van der Waals surface area (Å²) in [6, 6.07) is 92.3. The highest BCUT2D eigenvalue weighted by atomic mass is 15.0. The van der Waals surface area contributed by atoms with Gasteiger partial charge in [-0.25, -0.2) is 9.97 Å². The van der Waals surface area contributed by atoms with Crippen molar-refractivity contribution in [3.63, 3.8) is 0 Å². The van der Waals surface area contributed by atoms with Gasteiger partial charge in [0.25, 0.3) is 0 Å². The fourth-order valence-corrected chi connectivity index (χ4v) is 18.3. The van der Waals surface area contributed by atoms with Gasteiger partial charge in [-0.1, -0.05) is 273 Å². The summed E-state index contributed by atoms with van der Waals surface area (Å²) in [4.78, 5) is 15.9. The molecule has 0 saturated carbocycles. The summed E-state index contributed by atoms with van der Waals surface area (Å²) in [7, 11) is 0. The number of aryl methyl sites for hydroxylation is 4. The Kier molecular flexibility index (Phi) is 15.9. The van der Waals surface area contributed by atoms with Crippen molar-refractivity contribution in [2.24, 2.45) is 0 Å². The van der Waals surface area contributed by atoms with Crippen molar-refractivity contribution < 1.29 is 0 Å². The van der Waals surface area contributed by atoms with Crippen molar-refractivity contribution in [1.29, 1.82) is 0 Å². The molecule has 19 aromatic rings. The normalized spacial score (nSPS) is 12.3. The Morgan fingerprint density at radius 1 is 0.272 bits per heavy atom. The third-order valence-corrected chi connectivity index (χ3v) is 23.2. The highest BCUT2D eigenvalue weighted by molar-refractivity contribution is 6.25. The van der Waals surface area contributed by atoms with E-state index in [1.54, 1.807) is 0 Å². The van der Waals surface area contributed by atoms with E-state index in [0.29, 0.717) is 0 Å². The number of para-hydroxylation sites is 4. The maximum Gasteiger partial charge on any atom is 0.145 e. The largest absolute Gasteiger partial charge is 0.353 e. The molecule has 0 spiro atoms. The van der Waals surface area contributed by atoms with E-state index < -0.39 is 0 Å². The number of hydrogen-bond acceptors (Lipinski definition) is 2. The van der Waals surface area contributed by atoms with Gasteiger partial charge >= 0.3 is 0 Å². The summed E-state index contributed by atoms with van der Waals surface area (Å²) in [6.45, 7) is 9.34. The number of rotatable bonds is 20. The van der Waals surface area contributed by atoms with Gasteiger partial charge in [0.1, 0.15) is 11.3 Å². The Balaban J connectivity index is 0.876. The molecule has 19 rings (SSSR count). The van der Waals surface area contributed by atoms with Crippen LogP contribution in [0.5, 0.6) is 0 Å². The van der Waals surface area contributed by atoms with Gasteiger partial charge in [0.15, 0.2) is 0 Å². The summed E-state index contributed by atoms with van der Waals surface area (Å²) in [5.74, 6) is 0. The highest BCUT2D eigenvalue weighted by Crippen LogP contribution is 2.51. The molecule has 0 bridgehead atoms. The van der Waals surface area contributed by atoms with E-state index in [4.69, 9.17) is 9.97 Å². The minimum absolute atomic E-state index is 0.998. The van der Waals surface area contributed by atoms with E-state index in [1.807, 2.05) is 0 Å². The Morgan fingerprint density at radius 3 is 0.990 bits per heavy atom. The number of nitrogens with one attached hydrogen (secondary N) is 1. The minimum Gasteiger partial charge on any atom is -0.353 e. The summed E-state index contributed by atoms with van der Waals surface area (Å²) in [6.07, 6.45) is 17.9. The first-order valence-corrected chi connectivity index (χ1v) is 38.5. The zero-order valence-electron chi connectivity index (χ0n) is 59.7. The van der Waals surface area contributed by atoms with Crippen LogP contribution in [-0.4, -0.2) is 23.8 Å². The van der Waals surface area contributed by atoms with Crippen LogP contribution in [0.15, 0.2) is 243 Å². The van der Waals surface area contributed by atoms with Crippen molar-refractivity contribution in [3.05, 3.63) is 265 Å². The number of H-pyrrole nitrogens is 1. The second-order valence-corrected chi connectivity index (χ2v) is 29.4. The van der Waals surface area contributed by atoms with Crippen molar-refractivity contribution in [3.8, 4) is 44.5 Å². The fraction of sp³-hybridized carbons (Fsp3) is 0.204. The fourth-order valence-electron chi connectivity index (χ4n) is 18.3. The standard InChI is InChI=1S/C98H85N5/c1-5-9-13-41-75-79(43-15-11-7-3)95-91(89-69-37-23-17-31-61(69)55-62-32-18-24-38-70(62)89)81-53-51-65(59-87(81)102(95)97-83(75)57-67-35-21-27-49-85(67)99-97)73-45-29-47-77-78-48-30-46-74(94(78)101-93(73)77)66-52-54-82-88(60-66)103-96(92(82)90-71-39-25-19-33-63(71)56-64-34-20-26-40-72(64)90)80(44-16-12-8-4)76(42-14-10-6-2)84-58-68-36-22-28-50-86(68)100-98(84)103/h17-40,45-60,101H,5-16,41-44H2,1-4H3. The number of aromatic amines is 1. The van der Waals surface area contributed by atoms with Crippen LogP contribution in [0.3, 0.4) is 0 Å². The third-order valence-electron chi connectivity index (χ3n) is 23.2. The van der Waals surface area contributed by atoms with E-state index in [9.17, 15) is 0 Å². The van der Waals surface area contributed by atoms with Crippen LogP contribution >= 0.6 is 0 Å². The number of hydrogen-bond donors (Lipinski definition) is 1. The van der Waals surface area contributed by atoms with Crippen molar-refractivity contribution >= 4 is 142 Å². The maximum absolute atomic E-state index is 5.83. The molecule has 0 atom stereocenters. The summed E-state index contributed by atoms with van der Waals surface area (Å²) in [5, 5.41) is 20.0. The quantitative estimate of drug-likeness (QED) is 0.0611. The van der Waals surface area contributed by atoms with Crippen LogP contribution in [0.4, 0.5) is 0 Å². The lowest BCUT2D eigenvalue weighted by Crippen LogP contribution is -2.05. The van der Waals surface area contributed by atoms with Crippen LogP contribution in [0.1, 0.15) is 127 Å². The first-order valence-electron chi connectivity index (χ1n) is 38.5. The second kappa shape index (κ2) is 26.0. The van der Waals surface area contributed by atoms with Gasteiger partial charge in [-0.3, -0.25) is 8.80 Å². The minimum atomic E-state index is 0.998. The van der Waals surface area contributed by atoms with Crippen LogP contribution in [0.25, 0.3) is 186 Å². The Labute approximate surface area is 601 Å². The SMILES string of the molecule is CCCCCc1c(CCCCC)c2c(-c3c4ccccc4cc4ccccc34)c3ccc(-c4cccc5c4[nH]c4c(-c6ccc7c(-c8c9ccccc9cc9ccccc89)c8c(CCCCC)c(CCCCC)c9cc%10ccccc%10nc9n8c7c6)cccc45)cc3n2c2nc3ccccc3cc12. The molecule has 0 fully saturated rings. The molecule has 0 aliphatic heterocycles. The van der Waals surface area contributed by atoms with Crippen LogP contribution < -0.4 is 0 Å². The van der Waals surface area contributed by atoms with E-state index in [1.165, 1.54) is 214 Å². The molecular weight excluding hydrogens is 1250 g/mol. The van der Waals surface area contributed by atoms with E-state index in [2.05, 4.69) is 284 Å². The van der Waals surface area contributed by atoms with Gasteiger partial charge in [0, 0.05) is 76.5 Å². The van der Waals surface area contributed by atoms with Crippen molar-refractivity contribution in [2.75, 3.05) is 0 Å². The number of benzene rings is 12. The number of unbranched alkanes of at least 4 members (excludes halogenated alkanes) is 8. The van der Waals surface area contributed by atoms with Gasteiger partial charge in [-0.05, 0) is 176 Å². The summed E-state index contributed by atoms with van der Waals surface area (Å²) < 4.78 is 5.25. The van der Waals surface area contributed by atoms with Crippen LogP contribution in [0, 0.1) is 0 Å². The van der Waals surface area contributed by atoms with E-state index in [0.717, 1.165) is 97.6 Å². The lowest BCUT2D eigenvalue weighted by atomic mass is 9.87. The van der Waals surface area contributed by atoms with E-state index >= 15 is 0 Å². The lowest BCUT2D eigenvalue weighted by Gasteiger charge is -2.20. The molecule has 0 aliphatic carbocycles. The molecule has 0 aliphatic rings. The molecule has 502 valence electrons. The van der Waals surface area contributed by atoms with Crippen LogP contribution in [0.2, 0.25) is 0 Å². The molecule has 0 unspecified atom stereocenters. The lowest BCUT2D eigenvalue weighted by molar-refractivity contribution is 0.697. The molecule has 0 saturated heterocycles. The number of aromatic nitrogens is 5. The molecule has 103 heavy (non-hydrogen) atoms. The molecule has 0 amide bonds. The monoisotopic (exact) mass is 1330 g/mol. The average Bonchev–Trinajstić information content (AvgIpc) is 1.56. The molecule has 5 nitrogen and oxygen atoms in total. The third kappa shape index (κ3) is 10.2. The number of nitrogens with zero attached hydrogens (tertiary/aromatic N) is 4. The summed E-state index contributed by atoms with van der Waals surface area (Å²) >= 11 is 0. The maximum atomic E-state index is 5.83. The van der Waals surface area contributed by atoms with Gasteiger partial charge < -0.3 is 4.98 Å². The zero-order chi connectivity index (χ0) is 68.8. The van der Waals surface area contributed by atoms with Crippen molar-refractivity contribution in [2.45, 2.75) is 130 Å².